The second-order valence-corrected chi connectivity index (χ2v) is 6.34. The quantitative estimate of drug-likeness (QED) is 0.521. The van der Waals surface area contributed by atoms with Gasteiger partial charge < -0.3 is 10.4 Å². The minimum Gasteiger partial charge on any atom is -0.478 e. The monoisotopic (exact) mass is 394 g/mol. The number of rotatable bonds is 5. The van der Waals surface area contributed by atoms with Crippen molar-refractivity contribution in [1.82, 2.24) is 14.5 Å². The standard InChI is InChI=1S/C21H16F2N4O2/c1-2-24-18-10-13(4-6-15(18)21(28)29)27-8-7-17-20(27)26-19(11-25-17)14-5-3-12(22)9-16(14)23/h3-11,24H,2H2,1H3,(H,28,29). The van der Waals surface area contributed by atoms with E-state index in [4.69, 9.17) is 0 Å². The van der Waals surface area contributed by atoms with Crippen LogP contribution in [0.3, 0.4) is 0 Å². The van der Waals surface area contributed by atoms with E-state index in [9.17, 15) is 18.7 Å². The van der Waals surface area contributed by atoms with Gasteiger partial charge in [-0.2, -0.15) is 0 Å². The van der Waals surface area contributed by atoms with Crippen LogP contribution in [-0.2, 0) is 0 Å². The summed E-state index contributed by atoms with van der Waals surface area (Å²) in [7, 11) is 0. The Morgan fingerprint density at radius 1 is 1.17 bits per heavy atom. The summed E-state index contributed by atoms with van der Waals surface area (Å²) in [6, 6.07) is 9.92. The van der Waals surface area contributed by atoms with Gasteiger partial charge in [-0.1, -0.05) is 0 Å². The lowest BCUT2D eigenvalue weighted by Crippen LogP contribution is -2.07. The number of halogens is 2. The maximum atomic E-state index is 14.2. The molecule has 0 unspecified atom stereocenters. The molecule has 2 aromatic heterocycles. The van der Waals surface area contributed by atoms with Crippen molar-refractivity contribution in [3.05, 3.63) is 72.1 Å². The highest BCUT2D eigenvalue weighted by atomic mass is 19.1. The van der Waals surface area contributed by atoms with Crippen molar-refractivity contribution < 1.29 is 18.7 Å². The number of hydrogen-bond acceptors (Lipinski definition) is 4. The maximum Gasteiger partial charge on any atom is 0.337 e. The summed E-state index contributed by atoms with van der Waals surface area (Å²) < 4.78 is 29.1. The van der Waals surface area contributed by atoms with E-state index in [0.29, 0.717) is 29.1 Å². The van der Waals surface area contributed by atoms with Gasteiger partial charge in [0.05, 0.1) is 23.1 Å². The number of anilines is 1. The van der Waals surface area contributed by atoms with Crippen LogP contribution in [0.15, 0.2) is 54.9 Å². The minimum atomic E-state index is -1.03. The van der Waals surface area contributed by atoms with E-state index in [0.717, 1.165) is 12.1 Å². The van der Waals surface area contributed by atoms with E-state index < -0.39 is 17.6 Å². The van der Waals surface area contributed by atoms with E-state index in [1.165, 1.54) is 18.3 Å². The number of hydrogen-bond donors (Lipinski definition) is 2. The predicted octanol–water partition coefficient (Wildman–Crippen LogP) is 4.50. The topological polar surface area (TPSA) is 80.0 Å². The lowest BCUT2D eigenvalue weighted by atomic mass is 10.1. The van der Waals surface area contributed by atoms with Crippen molar-refractivity contribution >= 4 is 22.8 Å². The highest BCUT2D eigenvalue weighted by Crippen LogP contribution is 2.26. The maximum absolute atomic E-state index is 14.2. The molecule has 146 valence electrons. The van der Waals surface area contributed by atoms with Crippen molar-refractivity contribution in [1.29, 1.82) is 0 Å². The number of nitrogens with zero attached hydrogens (tertiary/aromatic N) is 3. The summed E-state index contributed by atoms with van der Waals surface area (Å²) in [6.45, 7) is 2.43. The van der Waals surface area contributed by atoms with Crippen molar-refractivity contribution in [2.75, 3.05) is 11.9 Å². The van der Waals surface area contributed by atoms with E-state index in [-0.39, 0.29) is 16.8 Å². The molecule has 4 rings (SSSR count). The summed E-state index contributed by atoms with van der Waals surface area (Å²) in [5, 5.41) is 12.4. The average Bonchev–Trinajstić information content (AvgIpc) is 3.11. The Morgan fingerprint density at radius 3 is 2.72 bits per heavy atom. The zero-order chi connectivity index (χ0) is 20.5. The van der Waals surface area contributed by atoms with Crippen LogP contribution in [0.4, 0.5) is 14.5 Å². The zero-order valence-electron chi connectivity index (χ0n) is 15.4. The molecule has 0 amide bonds. The fraction of sp³-hybridized carbons (Fsp3) is 0.0952. The highest BCUT2D eigenvalue weighted by Gasteiger charge is 2.15. The molecule has 2 aromatic carbocycles. The fourth-order valence-corrected chi connectivity index (χ4v) is 3.14. The Kier molecular flexibility index (Phi) is 4.67. The first-order valence-corrected chi connectivity index (χ1v) is 8.89. The summed E-state index contributed by atoms with van der Waals surface area (Å²) in [4.78, 5) is 20.3. The van der Waals surface area contributed by atoms with Crippen molar-refractivity contribution in [2.45, 2.75) is 6.92 Å². The van der Waals surface area contributed by atoms with E-state index in [1.807, 2.05) is 6.92 Å². The Bertz CT molecular complexity index is 1240. The summed E-state index contributed by atoms with van der Waals surface area (Å²) >= 11 is 0. The molecular formula is C21H16F2N4O2. The molecular weight excluding hydrogens is 378 g/mol. The van der Waals surface area contributed by atoms with Crippen LogP contribution >= 0.6 is 0 Å². The van der Waals surface area contributed by atoms with Crippen LogP contribution in [-0.4, -0.2) is 32.2 Å². The smallest absolute Gasteiger partial charge is 0.337 e. The number of fused-ring (bicyclic) bond motifs is 1. The molecule has 0 spiro atoms. The van der Waals surface area contributed by atoms with Gasteiger partial charge >= 0.3 is 5.97 Å². The van der Waals surface area contributed by atoms with E-state index in [2.05, 4.69) is 15.3 Å². The summed E-state index contributed by atoms with van der Waals surface area (Å²) in [6.07, 6.45) is 3.18. The number of benzene rings is 2. The lowest BCUT2D eigenvalue weighted by Gasteiger charge is -2.12. The molecule has 0 bridgehead atoms. The summed E-state index contributed by atoms with van der Waals surface area (Å²) in [5.74, 6) is -2.42. The van der Waals surface area contributed by atoms with Gasteiger partial charge in [-0.25, -0.2) is 18.6 Å². The number of aromatic nitrogens is 3. The molecule has 0 aliphatic heterocycles. The molecule has 0 aliphatic carbocycles. The number of carboxylic acid groups (broad SMARTS) is 1. The molecule has 0 saturated carbocycles. The molecule has 0 atom stereocenters. The predicted molar refractivity (Wildman–Crippen MR) is 105 cm³/mol. The molecule has 0 aliphatic rings. The van der Waals surface area contributed by atoms with Crippen molar-refractivity contribution in [2.24, 2.45) is 0 Å². The normalized spacial score (nSPS) is 11.0. The van der Waals surface area contributed by atoms with Gasteiger partial charge in [0.25, 0.3) is 0 Å². The molecule has 8 heteroatoms. The van der Waals surface area contributed by atoms with Crippen molar-refractivity contribution in [3.63, 3.8) is 0 Å². The third-order valence-corrected chi connectivity index (χ3v) is 4.48. The number of nitrogens with one attached hydrogen (secondary N) is 1. The first kappa shape index (κ1) is 18.5. The van der Waals surface area contributed by atoms with Crippen LogP contribution in [0.1, 0.15) is 17.3 Å². The van der Waals surface area contributed by atoms with Crippen LogP contribution in [0.2, 0.25) is 0 Å². The minimum absolute atomic E-state index is 0.142. The summed E-state index contributed by atoms with van der Waals surface area (Å²) in [5.41, 5.74) is 2.78. The van der Waals surface area contributed by atoms with Crippen LogP contribution in [0.25, 0.3) is 28.1 Å². The highest BCUT2D eigenvalue weighted by molar-refractivity contribution is 5.95. The molecule has 0 saturated heterocycles. The van der Waals surface area contributed by atoms with Crippen LogP contribution in [0, 0.1) is 11.6 Å². The Morgan fingerprint density at radius 2 is 2.00 bits per heavy atom. The second-order valence-electron chi connectivity index (χ2n) is 6.34. The number of carbonyl (C=O) groups is 1. The van der Waals surface area contributed by atoms with Gasteiger partial charge in [0.15, 0.2) is 5.65 Å². The zero-order valence-corrected chi connectivity index (χ0v) is 15.4. The number of carboxylic acids is 1. The van der Waals surface area contributed by atoms with Crippen molar-refractivity contribution in [3.8, 4) is 16.9 Å². The second kappa shape index (κ2) is 7.31. The van der Waals surface area contributed by atoms with E-state index >= 15 is 0 Å². The van der Waals surface area contributed by atoms with Gasteiger partial charge in [-0.3, -0.25) is 9.55 Å². The average molecular weight is 394 g/mol. The number of aromatic carboxylic acids is 1. The Labute approximate surface area is 164 Å². The fourth-order valence-electron chi connectivity index (χ4n) is 3.14. The molecule has 2 N–H and O–H groups in total. The van der Waals surface area contributed by atoms with Crippen LogP contribution in [0.5, 0.6) is 0 Å². The Balaban J connectivity index is 1.85. The van der Waals surface area contributed by atoms with Gasteiger partial charge in [0.2, 0.25) is 0 Å². The van der Waals surface area contributed by atoms with Crippen LogP contribution < -0.4 is 5.32 Å². The molecule has 4 aromatic rings. The lowest BCUT2D eigenvalue weighted by molar-refractivity contribution is 0.0698. The first-order chi connectivity index (χ1) is 14.0. The molecule has 0 radical (unpaired) electrons. The molecule has 0 fully saturated rings. The van der Waals surface area contributed by atoms with Gasteiger partial charge in [-0.15, -0.1) is 0 Å². The van der Waals surface area contributed by atoms with Gasteiger partial charge in [0.1, 0.15) is 17.2 Å². The molecule has 6 nitrogen and oxygen atoms in total. The molecule has 2 heterocycles. The van der Waals surface area contributed by atoms with Gasteiger partial charge in [0, 0.05) is 30.1 Å². The largest absolute Gasteiger partial charge is 0.478 e. The third-order valence-electron chi connectivity index (χ3n) is 4.48. The first-order valence-electron chi connectivity index (χ1n) is 8.89. The molecule has 29 heavy (non-hydrogen) atoms. The van der Waals surface area contributed by atoms with E-state index in [1.54, 1.807) is 29.0 Å². The Hall–Kier alpha value is -3.81. The van der Waals surface area contributed by atoms with Gasteiger partial charge in [-0.05, 0) is 43.3 Å². The SMILES string of the molecule is CCNc1cc(-n2ccc3ncc(-c4ccc(F)cc4F)nc32)ccc1C(=O)O. The third kappa shape index (κ3) is 3.40.